The van der Waals surface area contributed by atoms with Crippen LogP contribution < -0.4 is 9.46 Å². The Kier molecular flexibility index (Phi) is 5.33. The van der Waals surface area contributed by atoms with E-state index in [-0.39, 0.29) is 17.2 Å². The molecule has 0 aliphatic rings. The summed E-state index contributed by atoms with van der Waals surface area (Å²) in [6, 6.07) is 13.0. The predicted octanol–water partition coefficient (Wildman–Crippen LogP) is 2.67. The van der Waals surface area contributed by atoms with Crippen LogP contribution in [0.4, 0.5) is 5.69 Å². The molecule has 0 bridgehead atoms. The monoisotopic (exact) mass is 387 g/mol. The number of para-hydroxylation sites is 1. The molecule has 0 saturated carbocycles. The van der Waals surface area contributed by atoms with Gasteiger partial charge in [0.05, 0.1) is 22.4 Å². The number of ether oxygens (including phenoxy) is 1. The molecule has 140 valence electrons. The number of nitro benzene ring substituents is 1. The Balaban J connectivity index is 1.77. The van der Waals surface area contributed by atoms with E-state index in [9.17, 15) is 18.5 Å². The van der Waals surface area contributed by atoms with Gasteiger partial charge in [-0.1, -0.05) is 24.3 Å². The van der Waals surface area contributed by atoms with E-state index in [2.05, 4.69) is 9.71 Å². The lowest BCUT2D eigenvalue weighted by Gasteiger charge is -2.09. The number of nitro groups is 1. The Labute approximate surface area is 156 Å². The first kappa shape index (κ1) is 18.7. The summed E-state index contributed by atoms with van der Waals surface area (Å²) in [6.45, 7) is 0.137. The van der Waals surface area contributed by atoms with Crippen LogP contribution in [0.25, 0.3) is 10.9 Å². The molecule has 2 aromatic carbocycles. The van der Waals surface area contributed by atoms with Crippen molar-refractivity contribution >= 4 is 26.6 Å². The largest absolute Gasteiger partial charge is 0.490 e. The van der Waals surface area contributed by atoms with Gasteiger partial charge in [0, 0.05) is 24.2 Å². The molecule has 1 aromatic heterocycles. The first-order valence-electron chi connectivity index (χ1n) is 8.07. The summed E-state index contributed by atoms with van der Waals surface area (Å²) >= 11 is 0. The summed E-state index contributed by atoms with van der Waals surface area (Å²) in [6.07, 6.45) is 2.12. The molecular weight excluding hydrogens is 370 g/mol. The number of rotatable bonds is 7. The van der Waals surface area contributed by atoms with E-state index < -0.39 is 20.6 Å². The van der Waals surface area contributed by atoms with Crippen molar-refractivity contribution in [3.05, 3.63) is 70.4 Å². The van der Waals surface area contributed by atoms with Gasteiger partial charge in [-0.3, -0.25) is 15.1 Å². The van der Waals surface area contributed by atoms with Gasteiger partial charge < -0.3 is 4.74 Å². The number of hydrogen-bond acceptors (Lipinski definition) is 6. The molecule has 0 aliphatic heterocycles. The van der Waals surface area contributed by atoms with E-state index in [1.807, 2.05) is 30.3 Å². The third-order valence-corrected chi connectivity index (χ3v) is 5.52. The zero-order valence-electron chi connectivity index (χ0n) is 14.5. The van der Waals surface area contributed by atoms with Gasteiger partial charge in [0.25, 0.3) is 0 Å². The van der Waals surface area contributed by atoms with Gasteiger partial charge in [0.2, 0.25) is 10.0 Å². The van der Waals surface area contributed by atoms with Crippen LogP contribution in [-0.4, -0.2) is 32.0 Å². The smallest absolute Gasteiger partial charge is 0.312 e. The quantitative estimate of drug-likeness (QED) is 0.493. The van der Waals surface area contributed by atoms with Crippen LogP contribution >= 0.6 is 0 Å². The summed E-state index contributed by atoms with van der Waals surface area (Å²) in [4.78, 5) is 14.6. The third kappa shape index (κ3) is 4.04. The molecule has 27 heavy (non-hydrogen) atoms. The normalized spacial score (nSPS) is 11.4. The van der Waals surface area contributed by atoms with Crippen LogP contribution in [0, 0.1) is 10.1 Å². The third-order valence-electron chi connectivity index (χ3n) is 4.06. The van der Waals surface area contributed by atoms with Crippen molar-refractivity contribution in [3.63, 3.8) is 0 Å². The summed E-state index contributed by atoms with van der Waals surface area (Å²) in [7, 11) is -2.61. The molecule has 0 aliphatic carbocycles. The van der Waals surface area contributed by atoms with Crippen molar-refractivity contribution in [2.24, 2.45) is 0 Å². The van der Waals surface area contributed by atoms with Crippen molar-refractivity contribution in [1.29, 1.82) is 0 Å². The second-order valence-electron chi connectivity index (χ2n) is 5.73. The summed E-state index contributed by atoms with van der Waals surface area (Å²) in [5, 5.41) is 12.1. The van der Waals surface area contributed by atoms with E-state index in [4.69, 9.17) is 4.74 Å². The highest BCUT2D eigenvalue weighted by atomic mass is 32.2. The number of hydrogen-bond donors (Lipinski definition) is 1. The van der Waals surface area contributed by atoms with E-state index in [1.54, 1.807) is 6.20 Å². The van der Waals surface area contributed by atoms with Crippen LogP contribution in [-0.2, 0) is 16.4 Å². The van der Waals surface area contributed by atoms with Crippen LogP contribution in [0.1, 0.15) is 5.56 Å². The van der Waals surface area contributed by atoms with Crippen molar-refractivity contribution in [1.82, 2.24) is 9.71 Å². The highest BCUT2D eigenvalue weighted by Crippen LogP contribution is 2.29. The highest BCUT2D eigenvalue weighted by molar-refractivity contribution is 7.89. The fourth-order valence-electron chi connectivity index (χ4n) is 2.75. The molecule has 0 atom stereocenters. The van der Waals surface area contributed by atoms with Crippen molar-refractivity contribution in [2.75, 3.05) is 13.7 Å². The highest BCUT2D eigenvalue weighted by Gasteiger charge is 2.21. The minimum absolute atomic E-state index is 0.000722. The maximum Gasteiger partial charge on any atom is 0.312 e. The number of nitrogens with one attached hydrogen (secondary N) is 1. The van der Waals surface area contributed by atoms with E-state index in [0.717, 1.165) is 22.5 Å². The van der Waals surface area contributed by atoms with E-state index >= 15 is 0 Å². The van der Waals surface area contributed by atoms with Gasteiger partial charge in [-0.15, -0.1) is 0 Å². The van der Waals surface area contributed by atoms with Crippen LogP contribution in [0.3, 0.4) is 0 Å². The van der Waals surface area contributed by atoms with Crippen molar-refractivity contribution < 1.29 is 18.1 Å². The van der Waals surface area contributed by atoms with E-state index in [0.29, 0.717) is 6.42 Å². The number of benzene rings is 2. The molecule has 0 unspecified atom stereocenters. The number of aromatic nitrogens is 1. The lowest BCUT2D eigenvalue weighted by Crippen LogP contribution is -2.26. The minimum Gasteiger partial charge on any atom is -0.490 e. The Morgan fingerprint density at radius 3 is 2.70 bits per heavy atom. The molecule has 8 nitrogen and oxygen atoms in total. The molecule has 1 N–H and O–H groups in total. The van der Waals surface area contributed by atoms with Crippen molar-refractivity contribution in [3.8, 4) is 5.75 Å². The lowest BCUT2D eigenvalue weighted by molar-refractivity contribution is -0.386. The molecule has 1 heterocycles. The summed E-state index contributed by atoms with van der Waals surface area (Å²) < 4.78 is 32.3. The molecule has 3 rings (SSSR count). The zero-order valence-corrected chi connectivity index (χ0v) is 15.3. The maximum absolute atomic E-state index is 12.5. The maximum atomic E-state index is 12.5. The number of pyridine rings is 1. The molecule has 0 spiro atoms. The standard InChI is InChI=1S/C18H17N3O5S/c1-26-17-8-7-15(12-16(17)21(22)23)27(24,25)20-11-9-14-5-2-4-13-6-3-10-19-18(13)14/h2-8,10,12,20H,9,11H2,1H3. The fourth-order valence-corrected chi connectivity index (χ4v) is 3.80. The molecule has 0 radical (unpaired) electrons. The lowest BCUT2D eigenvalue weighted by atomic mass is 10.1. The van der Waals surface area contributed by atoms with Gasteiger partial charge in [-0.2, -0.15) is 0 Å². The van der Waals surface area contributed by atoms with Crippen LogP contribution in [0.5, 0.6) is 5.75 Å². The Bertz CT molecular complexity index is 1090. The Morgan fingerprint density at radius 1 is 1.19 bits per heavy atom. The number of sulfonamides is 1. The SMILES string of the molecule is COc1ccc(S(=O)(=O)NCCc2cccc3cccnc23)cc1[N+](=O)[O-]. The van der Waals surface area contributed by atoms with Gasteiger partial charge >= 0.3 is 5.69 Å². The molecule has 0 amide bonds. The first-order valence-corrected chi connectivity index (χ1v) is 9.55. The number of methoxy groups -OCH3 is 1. The molecule has 9 heteroatoms. The molecule has 3 aromatic rings. The first-order chi connectivity index (χ1) is 12.9. The topological polar surface area (TPSA) is 111 Å². The van der Waals surface area contributed by atoms with Crippen molar-refractivity contribution in [2.45, 2.75) is 11.3 Å². The van der Waals surface area contributed by atoms with Crippen LogP contribution in [0.15, 0.2) is 59.6 Å². The fraction of sp³-hybridized carbons (Fsp3) is 0.167. The van der Waals surface area contributed by atoms with Gasteiger partial charge in [-0.25, -0.2) is 13.1 Å². The Hall–Kier alpha value is -3.04. The molecular formula is C18H17N3O5S. The second kappa shape index (κ2) is 7.68. The summed E-state index contributed by atoms with van der Waals surface area (Å²) in [5.74, 6) is 0.000722. The number of nitrogens with zero attached hydrogens (tertiary/aromatic N) is 2. The predicted molar refractivity (Wildman–Crippen MR) is 100 cm³/mol. The summed E-state index contributed by atoms with van der Waals surface area (Å²) in [5.41, 5.74) is 1.33. The van der Waals surface area contributed by atoms with Crippen LogP contribution in [0.2, 0.25) is 0 Å². The minimum atomic E-state index is -3.90. The zero-order chi connectivity index (χ0) is 19.4. The van der Waals surface area contributed by atoms with Gasteiger partial charge in [0.1, 0.15) is 0 Å². The molecule has 0 fully saturated rings. The van der Waals surface area contributed by atoms with E-state index in [1.165, 1.54) is 19.2 Å². The average Bonchev–Trinajstić information content (AvgIpc) is 2.67. The second-order valence-corrected chi connectivity index (χ2v) is 7.50. The van der Waals surface area contributed by atoms with Gasteiger partial charge in [0.15, 0.2) is 5.75 Å². The Morgan fingerprint density at radius 2 is 1.96 bits per heavy atom. The average molecular weight is 387 g/mol. The number of fused-ring (bicyclic) bond motifs is 1. The molecule has 0 saturated heterocycles. The van der Waals surface area contributed by atoms with Gasteiger partial charge in [-0.05, 0) is 30.2 Å².